The van der Waals surface area contributed by atoms with Crippen molar-refractivity contribution in [3.05, 3.63) is 29.8 Å². The predicted molar refractivity (Wildman–Crippen MR) is 69.0 cm³/mol. The third-order valence-electron chi connectivity index (χ3n) is 1.73. The van der Waals surface area contributed by atoms with Crippen molar-refractivity contribution in [1.82, 2.24) is 0 Å². The molecule has 0 aromatic heterocycles. The molecule has 0 bridgehead atoms. The average molecular weight is 226 g/mol. The lowest BCUT2D eigenvalue weighted by Gasteiger charge is -2.17. The maximum atomic E-state index is 2.25. The fourth-order valence-corrected chi connectivity index (χ4v) is 3.35. The lowest BCUT2D eigenvalue weighted by Crippen LogP contribution is -2.04. The maximum absolute atomic E-state index is 2.25. The zero-order valence-electron chi connectivity index (χ0n) is 9.33. The van der Waals surface area contributed by atoms with E-state index >= 15 is 0 Å². The van der Waals surface area contributed by atoms with Crippen LogP contribution in [0, 0.1) is 0 Å². The molecule has 0 amide bonds. The van der Waals surface area contributed by atoms with E-state index in [2.05, 4.69) is 52.0 Å². The first kappa shape index (κ1) is 12.0. The molecule has 0 aliphatic rings. The molecule has 0 nitrogen and oxygen atoms in total. The molecule has 2 heteroatoms. The number of hydrogen-bond donors (Lipinski definition) is 0. The fraction of sp³-hybridized carbons (Fsp3) is 0.500. The quantitative estimate of drug-likeness (QED) is 0.680. The van der Waals surface area contributed by atoms with Crippen LogP contribution >= 0.6 is 21.6 Å². The van der Waals surface area contributed by atoms with Crippen LogP contribution in [0.2, 0.25) is 0 Å². The first-order valence-electron chi connectivity index (χ1n) is 4.96. The van der Waals surface area contributed by atoms with Gasteiger partial charge in [-0.2, -0.15) is 0 Å². The van der Waals surface area contributed by atoms with Gasteiger partial charge in [-0.05, 0) is 18.1 Å². The molecule has 78 valence electrons. The standard InChI is InChI=1S/C12H18S2/c1-5-10-8-6-7-9-11(10)13-14-12(2,3)4/h6-9H,5H2,1-4H3. The zero-order chi connectivity index (χ0) is 10.6. The Bertz CT molecular complexity index is 287. The number of hydrogen-bond acceptors (Lipinski definition) is 2. The summed E-state index contributed by atoms with van der Waals surface area (Å²) in [6.45, 7) is 8.96. The van der Waals surface area contributed by atoms with Gasteiger partial charge in [0.15, 0.2) is 0 Å². The molecule has 1 aromatic carbocycles. The van der Waals surface area contributed by atoms with Crippen LogP contribution in [-0.4, -0.2) is 4.75 Å². The number of aryl methyl sites for hydroxylation is 1. The van der Waals surface area contributed by atoms with Crippen molar-refractivity contribution in [2.75, 3.05) is 0 Å². The molecule has 0 saturated carbocycles. The Morgan fingerprint density at radius 3 is 2.36 bits per heavy atom. The van der Waals surface area contributed by atoms with Gasteiger partial charge in [0.2, 0.25) is 0 Å². The summed E-state index contributed by atoms with van der Waals surface area (Å²) in [4.78, 5) is 1.41. The minimum absolute atomic E-state index is 0.325. The Labute approximate surface area is 95.3 Å². The van der Waals surface area contributed by atoms with Crippen molar-refractivity contribution in [1.29, 1.82) is 0 Å². The van der Waals surface area contributed by atoms with Gasteiger partial charge >= 0.3 is 0 Å². The first-order chi connectivity index (χ1) is 6.53. The number of rotatable bonds is 3. The Morgan fingerprint density at radius 1 is 1.14 bits per heavy atom. The van der Waals surface area contributed by atoms with Crippen molar-refractivity contribution in [3.8, 4) is 0 Å². The SMILES string of the molecule is CCc1ccccc1SSC(C)(C)C. The van der Waals surface area contributed by atoms with Crippen LogP contribution in [-0.2, 0) is 6.42 Å². The van der Waals surface area contributed by atoms with Crippen molar-refractivity contribution in [3.63, 3.8) is 0 Å². The van der Waals surface area contributed by atoms with Gasteiger partial charge in [-0.1, -0.05) is 67.5 Å². The fourth-order valence-electron chi connectivity index (χ4n) is 1.05. The van der Waals surface area contributed by atoms with Crippen LogP contribution < -0.4 is 0 Å². The molecular weight excluding hydrogens is 208 g/mol. The van der Waals surface area contributed by atoms with E-state index in [1.807, 2.05) is 21.6 Å². The zero-order valence-corrected chi connectivity index (χ0v) is 11.0. The maximum Gasteiger partial charge on any atom is 0.0214 e. The second kappa shape index (κ2) is 5.13. The monoisotopic (exact) mass is 226 g/mol. The Kier molecular flexibility index (Phi) is 4.39. The number of benzene rings is 1. The van der Waals surface area contributed by atoms with Crippen molar-refractivity contribution < 1.29 is 0 Å². The summed E-state index contributed by atoms with van der Waals surface area (Å²) in [6.07, 6.45) is 1.12. The molecule has 0 aliphatic heterocycles. The molecule has 0 heterocycles. The van der Waals surface area contributed by atoms with E-state index in [0.29, 0.717) is 4.75 Å². The molecule has 1 aromatic rings. The molecule has 0 fully saturated rings. The summed E-state index contributed by atoms with van der Waals surface area (Å²) in [5.41, 5.74) is 1.45. The van der Waals surface area contributed by atoms with Crippen molar-refractivity contribution in [2.24, 2.45) is 0 Å². The summed E-state index contributed by atoms with van der Waals surface area (Å²) in [5, 5.41) is 0. The minimum atomic E-state index is 0.325. The average Bonchev–Trinajstić information content (AvgIpc) is 2.14. The van der Waals surface area contributed by atoms with Gasteiger partial charge in [0.05, 0.1) is 0 Å². The van der Waals surface area contributed by atoms with E-state index in [0.717, 1.165) is 6.42 Å². The van der Waals surface area contributed by atoms with E-state index in [9.17, 15) is 0 Å². The molecule has 0 unspecified atom stereocenters. The molecule has 0 N–H and O–H groups in total. The summed E-state index contributed by atoms with van der Waals surface area (Å²) in [7, 11) is 3.83. The largest absolute Gasteiger partial charge is 0.0830 e. The van der Waals surface area contributed by atoms with E-state index < -0.39 is 0 Å². The second-order valence-electron chi connectivity index (χ2n) is 4.24. The van der Waals surface area contributed by atoms with Gasteiger partial charge < -0.3 is 0 Å². The Hall–Kier alpha value is -0.0800. The third-order valence-corrected chi connectivity index (χ3v) is 5.18. The van der Waals surface area contributed by atoms with Crippen LogP contribution in [0.3, 0.4) is 0 Å². The van der Waals surface area contributed by atoms with E-state index in [1.54, 1.807) is 0 Å². The molecule has 1 rings (SSSR count). The first-order valence-corrected chi connectivity index (χ1v) is 7.11. The highest BCUT2D eigenvalue weighted by Crippen LogP contribution is 2.41. The van der Waals surface area contributed by atoms with Crippen LogP contribution in [0.15, 0.2) is 29.2 Å². The smallest absolute Gasteiger partial charge is 0.0214 e. The van der Waals surface area contributed by atoms with E-state index in [-0.39, 0.29) is 0 Å². The molecule has 0 aliphatic carbocycles. The molecule has 0 atom stereocenters. The summed E-state index contributed by atoms with van der Waals surface area (Å²) in [5.74, 6) is 0. The van der Waals surface area contributed by atoms with Crippen molar-refractivity contribution >= 4 is 21.6 Å². The van der Waals surface area contributed by atoms with Gasteiger partial charge in [0.25, 0.3) is 0 Å². The van der Waals surface area contributed by atoms with Crippen molar-refractivity contribution in [2.45, 2.75) is 43.8 Å². The van der Waals surface area contributed by atoms with Crippen LogP contribution in [0.1, 0.15) is 33.3 Å². The lowest BCUT2D eigenvalue weighted by molar-refractivity contribution is 0.810. The Balaban J connectivity index is 2.67. The van der Waals surface area contributed by atoms with Gasteiger partial charge in [-0.15, -0.1) is 0 Å². The molecule has 0 saturated heterocycles. The highest BCUT2D eigenvalue weighted by atomic mass is 33.1. The van der Waals surface area contributed by atoms with Gasteiger partial charge in [0, 0.05) is 9.64 Å². The highest BCUT2D eigenvalue weighted by molar-refractivity contribution is 8.77. The summed E-state index contributed by atoms with van der Waals surface area (Å²) >= 11 is 0. The third kappa shape index (κ3) is 3.97. The summed E-state index contributed by atoms with van der Waals surface area (Å²) in [6, 6.07) is 8.66. The van der Waals surface area contributed by atoms with E-state index in [1.165, 1.54) is 10.5 Å². The normalized spacial score (nSPS) is 11.7. The van der Waals surface area contributed by atoms with Crippen LogP contribution in [0.5, 0.6) is 0 Å². The highest BCUT2D eigenvalue weighted by Gasteiger charge is 2.12. The summed E-state index contributed by atoms with van der Waals surface area (Å²) < 4.78 is 0.325. The van der Waals surface area contributed by atoms with Crippen LogP contribution in [0.4, 0.5) is 0 Å². The topological polar surface area (TPSA) is 0 Å². The molecule has 14 heavy (non-hydrogen) atoms. The molecular formula is C12H18S2. The molecule has 0 spiro atoms. The Morgan fingerprint density at radius 2 is 1.79 bits per heavy atom. The predicted octanol–water partition coefficient (Wildman–Crippen LogP) is 4.79. The van der Waals surface area contributed by atoms with Gasteiger partial charge in [-0.3, -0.25) is 0 Å². The van der Waals surface area contributed by atoms with Gasteiger partial charge in [0.1, 0.15) is 0 Å². The second-order valence-corrected chi connectivity index (χ2v) is 7.24. The van der Waals surface area contributed by atoms with Crippen LogP contribution in [0.25, 0.3) is 0 Å². The van der Waals surface area contributed by atoms with Gasteiger partial charge in [-0.25, -0.2) is 0 Å². The lowest BCUT2D eigenvalue weighted by atomic mass is 10.2. The molecule has 0 radical (unpaired) electrons. The van der Waals surface area contributed by atoms with E-state index in [4.69, 9.17) is 0 Å². The minimum Gasteiger partial charge on any atom is -0.0830 e.